The van der Waals surface area contributed by atoms with Gasteiger partial charge in [-0.05, 0) is 46.7 Å². The highest BCUT2D eigenvalue weighted by molar-refractivity contribution is 5.83. The zero-order valence-electron chi connectivity index (χ0n) is 10.9. The van der Waals surface area contributed by atoms with Crippen molar-refractivity contribution in [3.05, 3.63) is 0 Å². The number of piperidine rings is 1. The SMILES string of the molecule is COCC1(C(=O)NC(C)(C)C)CCNCC1. The lowest BCUT2D eigenvalue weighted by molar-refractivity contribution is -0.137. The molecule has 2 N–H and O–H groups in total. The summed E-state index contributed by atoms with van der Waals surface area (Å²) in [6.45, 7) is 8.31. The minimum atomic E-state index is -0.340. The molecule has 0 aliphatic carbocycles. The predicted octanol–water partition coefficient (Wildman–Crippen LogP) is 0.917. The number of hydrogen-bond acceptors (Lipinski definition) is 3. The van der Waals surface area contributed by atoms with Crippen LogP contribution in [0.4, 0.5) is 0 Å². The van der Waals surface area contributed by atoms with Crippen LogP contribution in [0.25, 0.3) is 0 Å². The molecule has 0 saturated carbocycles. The smallest absolute Gasteiger partial charge is 0.229 e. The highest BCUT2D eigenvalue weighted by Gasteiger charge is 2.40. The molecule has 1 saturated heterocycles. The fraction of sp³-hybridized carbons (Fsp3) is 0.917. The maximum absolute atomic E-state index is 12.3. The van der Waals surface area contributed by atoms with Crippen LogP contribution >= 0.6 is 0 Å². The number of rotatable bonds is 3. The van der Waals surface area contributed by atoms with Gasteiger partial charge in [0.15, 0.2) is 0 Å². The van der Waals surface area contributed by atoms with Crippen LogP contribution in [0.1, 0.15) is 33.6 Å². The van der Waals surface area contributed by atoms with Crippen LogP contribution in [0.15, 0.2) is 0 Å². The summed E-state index contributed by atoms with van der Waals surface area (Å²) in [6, 6.07) is 0. The Hall–Kier alpha value is -0.610. The van der Waals surface area contributed by atoms with E-state index in [1.807, 2.05) is 20.8 Å². The standard InChI is InChI=1S/C12H24N2O2/c1-11(2,3)14-10(15)12(9-16-4)5-7-13-8-6-12/h13H,5-9H2,1-4H3,(H,14,15). The van der Waals surface area contributed by atoms with E-state index in [0.717, 1.165) is 25.9 Å². The van der Waals surface area contributed by atoms with Crippen molar-refractivity contribution in [3.8, 4) is 0 Å². The molecule has 1 amide bonds. The van der Waals surface area contributed by atoms with Crippen LogP contribution in [0.5, 0.6) is 0 Å². The summed E-state index contributed by atoms with van der Waals surface area (Å²) in [4.78, 5) is 12.3. The van der Waals surface area contributed by atoms with Crippen LogP contribution in [-0.4, -0.2) is 38.3 Å². The van der Waals surface area contributed by atoms with Crippen LogP contribution in [-0.2, 0) is 9.53 Å². The second-order valence-electron chi connectivity index (χ2n) is 5.67. The molecule has 1 fully saturated rings. The Kier molecular flexibility index (Phi) is 4.33. The molecule has 0 spiro atoms. The first-order valence-electron chi connectivity index (χ1n) is 5.92. The summed E-state index contributed by atoms with van der Waals surface area (Å²) in [5.41, 5.74) is -0.518. The summed E-state index contributed by atoms with van der Waals surface area (Å²) in [5, 5.41) is 6.35. The third kappa shape index (κ3) is 3.46. The van der Waals surface area contributed by atoms with Crippen LogP contribution in [0, 0.1) is 5.41 Å². The fourth-order valence-corrected chi connectivity index (χ4v) is 2.09. The van der Waals surface area contributed by atoms with Gasteiger partial charge >= 0.3 is 0 Å². The number of carbonyl (C=O) groups excluding carboxylic acids is 1. The molecule has 0 radical (unpaired) electrons. The number of nitrogens with one attached hydrogen (secondary N) is 2. The number of hydrogen-bond donors (Lipinski definition) is 2. The molecule has 16 heavy (non-hydrogen) atoms. The summed E-state index contributed by atoms with van der Waals surface area (Å²) in [7, 11) is 1.66. The van der Waals surface area contributed by atoms with E-state index in [1.165, 1.54) is 0 Å². The third-order valence-electron chi connectivity index (χ3n) is 2.95. The van der Waals surface area contributed by atoms with E-state index in [-0.39, 0.29) is 16.9 Å². The maximum atomic E-state index is 12.3. The summed E-state index contributed by atoms with van der Waals surface area (Å²) >= 11 is 0. The summed E-state index contributed by atoms with van der Waals surface area (Å²) < 4.78 is 5.23. The van der Waals surface area contributed by atoms with Crippen LogP contribution in [0.2, 0.25) is 0 Å². The Morgan fingerprint density at radius 2 is 1.94 bits per heavy atom. The molecule has 0 bridgehead atoms. The van der Waals surface area contributed by atoms with Gasteiger partial charge in [-0.1, -0.05) is 0 Å². The molecule has 0 aromatic rings. The van der Waals surface area contributed by atoms with Gasteiger partial charge in [-0.15, -0.1) is 0 Å². The lowest BCUT2D eigenvalue weighted by Crippen LogP contribution is -2.54. The van der Waals surface area contributed by atoms with Crippen LogP contribution in [0.3, 0.4) is 0 Å². The molecular weight excluding hydrogens is 204 g/mol. The lowest BCUT2D eigenvalue weighted by atomic mass is 9.78. The summed E-state index contributed by atoms with van der Waals surface area (Å²) in [6.07, 6.45) is 1.70. The average Bonchev–Trinajstić information content (AvgIpc) is 2.17. The van der Waals surface area contributed by atoms with Crippen molar-refractivity contribution in [1.82, 2.24) is 10.6 Å². The van der Waals surface area contributed by atoms with Gasteiger partial charge in [-0.3, -0.25) is 4.79 Å². The molecular formula is C12H24N2O2. The highest BCUT2D eigenvalue weighted by Crippen LogP contribution is 2.30. The fourth-order valence-electron chi connectivity index (χ4n) is 2.09. The maximum Gasteiger partial charge on any atom is 0.229 e. The molecule has 0 aromatic heterocycles. The number of methoxy groups -OCH3 is 1. The monoisotopic (exact) mass is 228 g/mol. The second-order valence-corrected chi connectivity index (χ2v) is 5.67. The van der Waals surface area contributed by atoms with Crippen molar-refractivity contribution >= 4 is 5.91 Å². The molecule has 0 atom stereocenters. The normalized spacial score (nSPS) is 20.5. The molecule has 0 unspecified atom stereocenters. The molecule has 0 aromatic carbocycles. The lowest BCUT2D eigenvalue weighted by Gasteiger charge is -2.37. The first-order chi connectivity index (χ1) is 7.40. The molecule has 1 heterocycles. The number of amides is 1. The van der Waals surface area contributed by atoms with Gasteiger partial charge in [0.25, 0.3) is 0 Å². The molecule has 1 aliphatic rings. The Balaban J connectivity index is 2.72. The van der Waals surface area contributed by atoms with Gasteiger partial charge < -0.3 is 15.4 Å². The quantitative estimate of drug-likeness (QED) is 0.755. The van der Waals surface area contributed by atoms with Gasteiger partial charge in [-0.2, -0.15) is 0 Å². The highest BCUT2D eigenvalue weighted by atomic mass is 16.5. The van der Waals surface area contributed by atoms with Gasteiger partial charge in [-0.25, -0.2) is 0 Å². The van der Waals surface area contributed by atoms with Crippen molar-refractivity contribution in [3.63, 3.8) is 0 Å². The zero-order chi connectivity index (χ0) is 12.2. The van der Waals surface area contributed by atoms with Crippen molar-refractivity contribution in [2.45, 2.75) is 39.2 Å². The van der Waals surface area contributed by atoms with Crippen molar-refractivity contribution in [2.75, 3.05) is 26.8 Å². The van der Waals surface area contributed by atoms with E-state index >= 15 is 0 Å². The Morgan fingerprint density at radius 3 is 2.38 bits per heavy atom. The molecule has 1 rings (SSSR count). The molecule has 1 aliphatic heterocycles. The molecule has 94 valence electrons. The van der Waals surface area contributed by atoms with Crippen molar-refractivity contribution in [2.24, 2.45) is 5.41 Å². The van der Waals surface area contributed by atoms with E-state index in [0.29, 0.717) is 6.61 Å². The molecule has 4 heteroatoms. The van der Waals surface area contributed by atoms with Crippen molar-refractivity contribution in [1.29, 1.82) is 0 Å². The first-order valence-corrected chi connectivity index (χ1v) is 5.92. The van der Waals surface area contributed by atoms with Crippen LogP contribution < -0.4 is 10.6 Å². The molecule has 4 nitrogen and oxygen atoms in total. The second kappa shape index (κ2) is 5.15. The van der Waals surface area contributed by atoms with E-state index in [2.05, 4.69) is 10.6 Å². The van der Waals surface area contributed by atoms with E-state index in [9.17, 15) is 4.79 Å². The minimum Gasteiger partial charge on any atom is -0.384 e. The zero-order valence-corrected chi connectivity index (χ0v) is 10.9. The first kappa shape index (κ1) is 13.5. The van der Waals surface area contributed by atoms with E-state index in [4.69, 9.17) is 4.74 Å². The minimum absolute atomic E-state index is 0.128. The number of ether oxygens (including phenoxy) is 1. The van der Waals surface area contributed by atoms with E-state index in [1.54, 1.807) is 7.11 Å². The largest absolute Gasteiger partial charge is 0.384 e. The number of carbonyl (C=O) groups is 1. The average molecular weight is 228 g/mol. The van der Waals surface area contributed by atoms with Gasteiger partial charge in [0.1, 0.15) is 0 Å². The third-order valence-corrected chi connectivity index (χ3v) is 2.95. The Bertz CT molecular complexity index is 234. The Labute approximate surface area is 98.1 Å². The van der Waals surface area contributed by atoms with Gasteiger partial charge in [0.05, 0.1) is 12.0 Å². The van der Waals surface area contributed by atoms with E-state index < -0.39 is 0 Å². The topological polar surface area (TPSA) is 50.4 Å². The summed E-state index contributed by atoms with van der Waals surface area (Å²) in [5.74, 6) is 0.128. The van der Waals surface area contributed by atoms with Gasteiger partial charge in [0, 0.05) is 12.6 Å². The van der Waals surface area contributed by atoms with Gasteiger partial charge in [0.2, 0.25) is 5.91 Å². The predicted molar refractivity (Wildman–Crippen MR) is 64.3 cm³/mol. The Morgan fingerprint density at radius 1 is 1.38 bits per heavy atom. The van der Waals surface area contributed by atoms with Crippen molar-refractivity contribution < 1.29 is 9.53 Å².